The summed E-state index contributed by atoms with van der Waals surface area (Å²) in [6.45, 7) is 0. The first-order valence-corrected chi connectivity index (χ1v) is 8.42. The lowest BCUT2D eigenvalue weighted by Gasteiger charge is -2.17. The lowest BCUT2D eigenvalue weighted by molar-refractivity contribution is 0.323. The minimum absolute atomic E-state index is 0.272. The molecular weight excluding hydrogens is 422 g/mol. The summed E-state index contributed by atoms with van der Waals surface area (Å²) < 4.78 is 18.0. The van der Waals surface area contributed by atoms with E-state index in [1.54, 1.807) is 32.7 Å². The number of methoxy groups -OCH3 is 3. The molecule has 114 valence electrons. The SMILES string of the molecule is COc1cc(C(N)c2cc(Br)c(Br)s2)cc(OC)c1OC. The average Bonchev–Trinajstić information content (AvgIpc) is 2.84. The molecule has 0 aliphatic heterocycles. The Labute approximate surface area is 144 Å². The molecule has 1 aromatic heterocycles. The zero-order valence-electron chi connectivity index (χ0n) is 11.8. The van der Waals surface area contributed by atoms with Crippen LogP contribution < -0.4 is 19.9 Å². The lowest BCUT2D eigenvalue weighted by Crippen LogP contribution is -2.11. The summed E-state index contributed by atoms with van der Waals surface area (Å²) >= 11 is 8.54. The number of halogens is 2. The Bertz CT molecular complexity index is 601. The van der Waals surface area contributed by atoms with Gasteiger partial charge in [-0.05, 0) is 55.6 Å². The fraction of sp³-hybridized carbons (Fsp3) is 0.286. The van der Waals surface area contributed by atoms with Crippen LogP contribution in [0.25, 0.3) is 0 Å². The maximum Gasteiger partial charge on any atom is 0.203 e. The van der Waals surface area contributed by atoms with E-state index in [0.29, 0.717) is 17.2 Å². The Kier molecular flexibility index (Phi) is 5.54. The summed E-state index contributed by atoms with van der Waals surface area (Å²) in [6.07, 6.45) is 0. The minimum atomic E-state index is -0.272. The topological polar surface area (TPSA) is 53.7 Å². The summed E-state index contributed by atoms with van der Waals surface area (Å²) in [5, 5.41) is 0. The van der Waals surface area contributed by atoms with Crippen molar-refractivity contribution in [1.82, 2.24) is 0 Å². The third-order valence-corrected chi connectivity index (χ3v) is 6.36. The molecular formula is C14H15Br2NO3S. The van der Waals surface area contributed by atoms with E-state index in [4.69, 9.17) is 19.9 Å². The van der Waals surface area contributed by atoms with Crippen LogP contribution in [0.1, 0.15) is 16.5 Å². The molecule has 1 unspecified atom stereocenters. The highest BCUT2D eigenvalue weighted by Gasteiger charge is 2.19. The molecule has 2 aromatic rings. The Morgan fingerprint density at radius 1 is 1.00 bits per heavy atom. The zero-order valence-corrected chi connectivity index (χ0v) is 15.8. The van der Waals surface area contributed by atoms with Gasteiger partial charge in [-0.25, -0.2) is 0 Å². The molecule has 0 spiro atoms. The molecule has 0 saturated heterocycles. The number of hydrogen-bond donors (Lipinski definition) is 1. The largest absolute Gasteiger partial charge is 0.493 e. The third kappa shape index (κ3) is 3.36. The van der Waals surface area contributed by atoms with Crippen molar-refractivity contribution in [2.45, 2.75) is 6.04 Å². The van der Waals surface area contributed by atoms with Crippen molar-refractivity contribution in [3.8, 4) is 17.2 Å². The van der Waals surface area contributed by atoms with Crippen molar-refractivity contribution >= 4 is 43.2 Å². The summed E-state index contributed by atoms with van der Waals surface area (Å²) in [4.78, 5) is 1.03. The molecule has 1 heterocycles. The highest BCUT2D eigenvalue weighted by molar-refractivity contribution is 9.13. The highest BCUT2D eigenvalue weighted by Crippen LogP contribution is 2.42. The van der Waals surface area contributed by atoms with Crippen molar-refractivity contribution in [1.29, 1.82) is 0 Å². The molecule has 21 heavy (non-hydrogen) atoms. The van der Waals surface area contributed by atoms with Gasteiger partial charge in [0.2, 0.25) is 5.75 Å². The van der Waals surface area contributed by atoms with Crippen molar-refractivity contribution < 1.29 is 14.2 Å². The summed E-state index contributed by atoms with van der Waals surface area (Å²) in [6, 6.07) is 5.47. The van der Waals surface area contributed by atoms with E-state index in [1.165, 1.54) is 0 Å². The average molecular weight is 437 g/mol. The van der Waals surface area contributed by atoms with Gasteiger partial charge in [-0.1, -0.05) is 0 Å². The highest BCUT2D eigenvalue weighted by atomic mass is 79.9. The van der Waals surface area contributed by atoms with Crippen LogP contribution in [0.4, 0.5) is 0 Å². The Hall–Kier alpha value is -0.760. The minimum Gasteiger partial charge on any atom is -0.493 e. The zero-order chi connectivity index (χ0) is 15.6. The van der Waals surface area contributed by atoms with Crippen LogP contribution in [-0.2, 0) is 0 Å². The Morgan fingerprint density at radius 2 is 1.57 bits per heavy atom. The van der Waals surface area contributed by atoms with Crippen molar-refractivity contribution in [2.24, 2.45) is 5.73 Å². The van der Waals surface area contributed by atoms with E-state index in [9.17, 15) is 0 Å². The first-order valence-electron chi connectivity index (χ1n) is 6.02. The number of ether oxygens (including phenoxy) is 3. The smallest absolute Gasteiger partial charge is 0.203 e. The predicted molar refractivity (Wildman–Crippen MR) is 91.8 cm³/mol. The molecule has 0 aliphatic carbocycles. The molecule has 7 heteroatoms. The molecule has 0 amide bonds. The van der Waals surface area contributed by atoms with Crippen LogP contribution in [0.2, 0.25) is 0 Å². The third-order valence-electron chi connectivity index (χ3n) is 3.02. The number of hydrogen-bond acceptors (Lipinski definition) is 5. The van der Waals surface area contributed by atoms with Crippen LogP contribution in [-0.4, -0.2) is 21.3 Å². The fourth-order valence-corrected chi connectivity index (χ4v) is 4.08. The van der Waals surface area contributed by atoms with Crippen LogP contribution >= 0.6 is 43.2 Å². The fourth-order valence-electron chi connectivity index (χ4n) is 1.96. The van der Waals surface area contributed by atoms with Crippen LogP contribution in [0, 0.1) is 0 Å². The van der Waals surface area contributed by atoms with E-state index in [2.05, 4.69) is 31.9 Å². The van der Waals surface area contributed by atoms with Crippen molar-refractivity contribution in [2.75, 3.05) is 21.3 Å². The molecule has 4 nitrogen and oxygen atoms in total. The van der Waals surface area contributed by atoms with E-state index in [-0.39, 0.29) is 6.04 Å². The van der Waals surface area contributed by atoms with E-state index >= 15 is 0 Å². The molecule has 0 aliphatic rings. The quantitative estimate of drug-likeness (QED) is 0.756. The molecule has 0 bridgehead atoms. The van der Waals surface area contributed by atoms with E-state index in [0.717, 1.165) is 18.7 Å². The van der Waals surface area contributed by atoms with Crippen LogP contribution in [0.15, 0.2) is 26.5 Å². The van der Waals surface area contributed by atoms with Gasteiger partial charge in [-0.15, -0.1) is 11.3 Å². The number of rotatable bonds is 5. The van der Waals surface area contributed by atoms with Gasteiger partial charge in [0.25, 0.3) is 0 Å². The molecule has 1 atom stereocenters. The van der Waals surface area contributed by atoms with E-state index in [1.807, 2.05) is 18.2 Å². The first-order chi connectivity index (χ1) is 10.0. The van der Waals surface area contributed by atoms with Gasteiger partial charge in [0.05, 0.1) is 31.2 Å². The monoisotopic (exact) mass is 435 g/mol. The number of benzene rings is 1. The second-order valence-electron chi connectivity index (χ2n) is 4.21. The van der Waals surface area contributed by atoms with Crippen molar-refractivity contribution in [3.05, 3.63) is 36.9 Å². The van der Waals surface area contributed by atoms with Gasteiger partial charge in [-0.2, -0.15) is 0 Å². The van der Waals surface area contributed by atoms with Gasteiger partial charge in [0.15, 0.2) is 11.5 Å². The van der Waals surface area contributed by atoms with Crippen LogP contribution in [0.3, 0.4) is 0 Å². The molecule has 0 saturated carbocycles. The first kappa shape index (κ1) is 16.6. The standard InChI is InChI=1S/C14H15Br2NO3S/c1-18-9-4-7(5-10(19-2)13(9)20-3)12(17)11-6-8(15)14(16)21-11/h4-6,12H,17H2,1-3H3. The van der Waals surface area contributed by atoms with Crippen molar-refractivity contribution in [3.63, 3.8) is 0 Å². The summed E-state index contributed by atoms with van der Waals surface area (Å²) in [7, 11) is 4.75. The van der Waals surface area contributed by atoms with Crippen LogP contribution in [0.5, 0.6) is 17.2 Å². The second kappa shape index (κ2) is 7.00. The molecule has 0 radical (unpaired) electrons. The van der Waals surface area contributed by atoms with Gasteiger partial charge in [-0.3, -0.25) is 0 Å². The molecule has 1 aromatic carbocycles. The number of nitrogens with two attached hydrogens (primary N) is 1. The summed E-state index contributed by atoms with van der Waals surface area (Å²) in [5.41, 5.74) is 7.25. The normalized spacial score (nSPS) is 12.1. The predicted octanol–water partition coefficient (Wildman–Crippen LogP) is 4.35. The van der Waals surface area contributed by atoms with Gasteiger partial charge in [0.1, 0.15) is 0 Å². The van der Waals surface area contributed by atoms with Gasteiger partial charge >= 0.3 is 0 Å². The second-order valence-corrected chi connectivity index (χ2v) is 7.46. The molecule has 0 fully saturated rings. The number of thiophene rings is 1. The van der Waals surface area contributed by atoms with Gasteiger partial charge in [0, 0.05) is 9.35 Å². The summed E-state index contributed by atoms with van der Waals surface area (Å²) in [5.74, 6) is 1.75. The lowest BCUT2D eigenvalue weighted by atomic mass is 10.0. The molecule has 2 N–H and O–H groups in total. The maximum absolute atomic E-state index is 6.35. The maximum atomic E-state index is 6.35. The van der Waals surface area contributed by atoms with E-state index < -0.39 is 0 Å². The molecule has 2 rings (SSSR count). The van der Waals surface area contributed by atoms with Gasteiger partial charge < -0.3 is 19.9 Å². The Balaban J connectivity index is 2.48. The Morgan fingerprint density at radius 3 is 1.95 bits per heavy atom.